The van der Waals surface area contributed by atoms with Gasteiger partial charge in [0, 0.05) is 38.4 Å². The fourth-order valence-corrected chi connectivity index (χ4v) is 2.38. The summed E-state index contributed by atoms with van der Waals surface area (Å²) in [6.07, 6.45) is 1.78. The summed E-state index contributed by atoms with van der Waals surface area (Å²) in [5.41, 5.74) is 0.340. The average molecular weight is 299 g/mol. The van der Waals surface area contributed by atoms with E-state index < -0.39 is 0 Å². The number of methoxy groups -OCH3 is 1. The molecule has 0 radical (unpaired) electrons. The summed E-state index contributed by atoms with van der Waals surface area (Å²) in [5.74, 6) is 1.24. The number of hydrogen-bond acceptors (Lipinski definition) is 6. The molecule has 0 aliphatic carbocycles. The lowest BCUT2D eigenvalue weighted by molar-refractivity contribution is 0.0739. The first-order chi connectivity index (χ1) is 10.8. The van der Waals surface area contributed by atoms with E-state index >= 15 is 0 Å². The van der Waals surface area contributed by atoms with Crippen molar-refractivity contribution in [2.75, 3.05) is 38.2 Å². The molecule has 0 saturated carbocycles. The number of piperazine rings is 1. The van der Waals surface area contributed by atoms with Gasteiger partial charge in [0.2, 0.25) is 5.88 Å². The molecule has 22 heavy (non-hydrogen) atoms. The van der Waals surface area contributed by atoms with Crippen LogP contribution in [-0.2, 0) is 0 Å². The zero-order valence-electron chi connectivity index (χ0n) is 12.3. The molecular weight excluding hydrogens is 282 g/mol. The molecule has 2 aromatic heterocycles. The Hall–Kier alpha value is -2.70. The van der Waals surface area contributed by atoms with E-state index in [1.54, 1.807) is 23.2 Å². The van der Waals surface area contributed by atoms with Crippen LogP contribution in [0.4, 0.5) is 5.82 Å². The summed E-state index contributed by atoms with van der Waals surface area (Å²) in [7, 11) is 1.52. The number of pyridine rings is 1. The smallest absolute Gasteiger partial charge is 0.274 e. The van der Waals surface area contributed by atoms with Crippen LogP contribution >= 0.6 is 0 Å². The van der Waals surface area contributed by atoms with Crippen molar-refractivity contribution in [3.8, 4) is 5.88 Å². The molecule has 2 aromatic rings. The second-order valence-corrected chi connectivity index (χ2v) is 4.93. The highest BCUT2D eigenvalue weighted by molar-refractivity contribution is 5.92. The number of rotatable bonds is 3. The molecular formula is C15H17N5O2. The van der Waals surface area contributed by atoms with Gasteiger partial charge >= 0.3 is 0 Å². The van der Waals surface area contributed by atoms with E-state index in [0.29, 0.717) is 24.7 Å². The molecule has 7 heteroatoms. The number of nitrogens with zero attached hydrogens (tertiary/aromatic N) is 5. The van der Waals surface area contributed by atoms with Crippen molar-refractivity contribution in [2.24, 2.45) is 0 Å². The van der Waals surface area contributed by atoms with Crippen molar-refractivity contribution >= 4 is 11.7 Å². The molecule has 0 bridgehead atoms. The van der Waals surface area contributed by atoms with Crippen molar-refractivity contribution in [1.82, 2.24) is 20.1 Å². The van der Waals surface area contributed by atoms with Crippen LogP contribution in [0.25, 0.3) is 0 Å². The first-order valence-electron chi connectivity index (χ1n) is 7.11. The Morgan fingerprint density at radius 3 is 2.50 bits per heavy atom. The van der Waals surface area contributed by atoms with E-state index in [1.165, 1.54) is 7.11 Å². The van der Waals surface area contributed by atoms with Crippen LogP contribution in [0.5, 0.6) is 5.88 Å². The summed E-state index contributed by atoms with van der Waals surface area (Å²) in [6.45, 7) is 2.80. The number of anilines is 1. The van der Waals surface area contributed by atoms with E-state index in [2.05, 4.69) is 20.1 Å². The van der Waals surface area contributed by atoms with E-state index in [1.807, 2.05) is 18.2 Å². The van der Waals surface area contributed by atoms with E-state index in [9.17, 15) is 4.79 Å². The Morgan fingerprint density at radius 2 is 1.91 bits per heavy atom. The monoisotopic (exact) mass is 299 g/mol. The van der Waals surface area contributed by atoms with Crippen LogP contribution in [0.3, 0.4) is 0 Å². The molecule has 0 unspecified atom stereocenters. The fraction of sp³-hybridized carbons (Fsp3) is 0.333. The van der Waals surface area contributed by atoms with Crippen LogP contribution in [0.15, 0.2) is 36.5 Å². The highest BCUT2D eigenvalue weighted by Crippen LogP contribution is 2.14. The number of ether oxygens (including phenoxy) is 1. The van der Waals surface area contributed by atoms with Gasteiger partial charge in [-0.25, -0.2) is 4.98 Å². The summed E-state index contributed by atoms with van der Waals surface area (Å²) in [6, 6.07) is 9.12. The molecule has 0 atom stereocenters. The Balaban J connectivity index is 1.62. The minimum absolute atomic E-state index is 0.101. The quantitative estimate of drug-likeness (QED) is 0.836. The lowest BCUT2D eigenvalue weighted by Crippen LogP contribution is -2.49. The Kier molecular flexibility index (Phi) is 4.13. The number of amides is 1. The van der Waals surface area contributed by atoms with Crippen molar-refractivity contribution in [1.29, 1.82) is 0 Å². The topological polar surface area (TPSA) is 71.5 Å². The number of hydrogen-bond donors (Lipinski definition) is 0. The largest absolute Gasteiger partial charge is 0.480 e. The van der Waals surface area contributed by atoms with Crippen molar-refractivity contribution in [3.05, 3.63) is 42.2 Å². The summed E-state index contributed by atoms with van der Waals surface area (Å²) < 4.78 is 4.95. The molecule has 114 valence electrons. The average Bonchev–Trinajstić information content (AvgIpc) is 2.62. The SMILES string of the molecule is COc1ccc(C(=O)N2CCN(c3ccccn3)CC2)nn1. The predicted octanol–water partition coefficient (Wildman–Crippen LogP) is 0.843. The van der Waals surface area contributed by atoms with Crippen LogP contribution in [-0.4, -0.2) is 59.3 Å². The normalized spacial score (nSPS) is 14.8. The maximum absolute atomic E-state index is 12.4. The molecule has 0 aromatic carbocycles. The molecule has 1 aliphatic heterocycles. The van der Waals surface area contributed by atoms with Gasteiger partial charge in [-0.2, -0.15) is 0 Å². The number of carbonyl (C=O) groups excluding carboxylic acids is 1. The lowest BCUT2D eigenvalue weighted by Gasteiger charge is -2.35. The molecule has 1 aliphatic rings. The lowest BCUT2D eigenvalue weighted by atomic mass is 10.2. The van der Waals surface area contributed by atoms with Crippen LogP contribution < -0.4 is 9.64 Å². The van der Waals surface area contributed by atoms with Crippen molar-refractivity contribution < 1.29 is 9.53 Å². The second-order valence-electron chi connectivity index (χ2n) is 4.93. The van der Waals surface area contributed by atoms with Gasteiger partial charge in [-0.15, -0.1) is 10.2 Å². The third kappa shape index (κ3) is 2.98. The third-order valence-corrected chi connectivity index (χ3v) is 3.61. The summed E-state index contributed by atoms with van der Waals surface area (Å²) >= 11 is 0. The van der Waals surface area contributed by atoms with E-state index in [-0.39, 0.29) is 5.91 Å². The van der Waals surface area contributed by atoms with Gasteiger partial charge < -0.3 is 14.5 Å². The van der Waals surface area contributed by atoms with Gasteiger partial charge in [-0.1, -0.05) is 6.07 Å². The van der Waals surface area contributed by atoms with Crippen LogP contribution in [0, 0.1) is 0 Å². The minimum Gasteiger partial charge on any atom is -0.480 e. The predicted molar refractivity (Wildman–Crippen MR) is 80.9 cm³/mol. The highest BCUT2D eigenvalue weighted by atomic mass is 16.5. The molecule has 3 rings (SSSR count). The zero-order valence-corrected chi connectivity index (χ0v) is 12.3. The Labute approximate surface area is 128 Å². The fourth-order valence-electron chi connectivity index (χ4n) is 2.38. The first-order valence-corrected chi connectivity index (χ1v) is 7.11. The van der Waals surface area contributed by atoms with Gasteiger partial charge in [-0.3, -0.25) is 4.79 Å². The number of aromatic nitrogens is 3. The van der Waals surface area contributed by atoms with E-state index in [4.69, 9.17) is 4.74 Å². The molecule has 3 heterocycles. The Bertz CT molecular complexity index is 624. The van der Waals surface area contributed by atoms with Crippen LogP contribution in [0.1, 0.15) is 10.5 Å². The minimum atomic E-state index is -0.101. The van der Waals surface area contributed by atoms with Gasteiger partial charge in [0.15, 0.2) is 5.69 Å². The van der Waals surface area contributed by atoms with Gasteiger partial charge in [0.25, 0.3) is 5.91 Å². The molecule has 7 nitrogen and oxygen atoms in total. The second kappa shape index (κ2) is 6.38. The standard InChI is InChI=1S/C15H17N5O2/c1-22-14-6-5-12(17-18-14)15(21)20-10-8-19(9-11-20)13-4-2-3-7-16-13/h2-7H,8-11H2,1H3. The summed E-state index contributed by atoms with van der Waals surface area (Å²) in [4.78, 5) is 20.7. The summed E-state index contributed by atoms with van der Waals surface area (Å²) in [5, 5.41) is 7.75. The van der Waals surface area contributed by atoms with Gasteiger partial charge in [0.05, 0.1) is 7.11 Å². The molecule has 1 saturated heterocycles. The van der Waals surface area contributed by atoms with Crippen molar-refractivity contribution in [3.63, 3.8) is 0 Å². The number of carbonyl (C=O) groups is 1. The molecule has 1 fully saturated rings. The van der Waals surface area contributed by atoms with Crippen LogP contribution in [0.2, 0.25) is 0 Å². The van der Waals surface area contributed by atoms with Gasteiger partial charge in [0.1, 0.15) is 5.82 Å². The zero-order chi connectivity index (χ0) is 15.4. The van der Waals surface area contributed by atoms with Crippen molar-refractivity contribution in [2.45, 2.75) is 0 Å². The van der Waals surface area contributed by atoms with E-state index in [0.717, 1.165) is 18.9 Å². The highest BCUT2D eigenvalue weighted by Gasteiger charge is 2.23. The maximum Gasteiger partial charge on any atom is 0.274 e. The maximum atomic E-state index is 12.4. The third-order valence-electron chi connectivity index (χ3n) is 3.61. The van der Waals surface area contributed by atoms with Gasteiger partial charge in [-0.05, 0) is 18.2 Å². The molecule has 0 N–H and O–H groups in total. The first kappa shape index (κ1) is 14.2. The Morgan fingerprint density at radius 1 is 1.09 bits per heavy atom. The molecule has 1 amide bonds. The molecule has 0 spiro atoms.